The first-order valence-corrected chi connectivity index (χ1v) is 7.20. The third kappa shape index (κ3) is 3.87. The van der Waals surface area contributed by atoms with Crippen molar-refractivity contribution in [2.24, 2.45) is 5.92 Å². The summed E-state index contributed by atoms with van der Waals surface area (Å²) in [6.45, 7) is 2.81. The third-order valence-electron chi connectivity index (χ3n) is 4.18. The van der Waals surface area contributed by atoms with Crippen molar-refractivity contribution in [3.05, 3.63) is 0 Å². The number of piperidine rings is 2. The van der Waals surface area contributed by atoms with Crippen LogP contribution in [-0.2, 0) is 9.59 Å². The molecule has 0 bridgehead atoms. The second kappa shape index (κ2) is 6.21. The molecule has 0 spiro atoms. The number of carbonyl (C=O) groups is 2. The van der Waals surface area contributed by atoms with Crippen molar-refractivity contribution in [2.75, 3.05) is 6.54 Å². The Kier molecular flexibility index (Phi) is 4.75. The molecule has 2 heterocycles. The Labute approximate surface area is 121 Å². The minimum absolute atomic E-state index is 0.0730. The summed E-state index contributed by atoms with van der Waals surface area (Å²) in [5.74, 6) is -2.34. The van der Waals surface area contributed by atoms with Gasteiger partial charge in [0.05, 0.1) is 0 Å². The highest BCUT2D eigenvalue weighted by atomic mass is 19.4. The number of hydrogen-bond donors (Lipinski definition) is 3. The lowest BCUT2D eigenvalue weighted by atomic mass is 9.91. The van der Waals surface area contributed by atoms with E-state index in [9.17, 15) is 22.8 Å². The molecule has 2 aliphatic heterocycles. The first-order valence-electron chi connectivity index (χ1n) is 7.20. The van der Waals surface area contributed by atoms with Crippen LogP contribution >= 0.6 is 0 Å². The largest absolute Gasteiger partial charge is 0.408 e. The van der Waals surface area contributed by atoms with E-state index in [4.69, 9.17) is 0 Å². The van der Waals surface area contributed by atoms with Gasteiger partial charge in [-0.15, -0.1) is 0 Å². The molecule has 120 valence electrons. The fourth-order valence-corrected chi connectivity index (χ4v) is 2.83. The maximum atomic E-state index is 12.5. The fraction of sp³-hybridized carbons (Fsp3) is 0.846. The second-order valence-corrected chi connectivity index (χ2v) is 5.73. The molecule has 2 amide bonds. The lowest BCUT2D eigenvalue weighted by Gasteiger charge is -2.34. The summed E-state index contributed by atoms with van der Waals surface area (Å²) < 4.78 is 37.6. The molecule has 0 aromatic heterocycles. The van der Waals surface area contributed by atoms with Gasteiger partial charge in [-0.25, -0.2) is 0 Å². The van der Waals surface area contributed by atoms with Gasteiger partial charge in [-0.2, -0.15) is 13.2 Å². The monoisotopic (exact) mass is 307 g/mol. The molecule has 0 radical (unpaired) electrons. The van der Waals surface area contributed by atoms with Crippen molar-refractivity contribution in [1.82, 2.24) is 16.0 Å². The molecular weight excluding hydrogens is 287 g/mol. The van der Waals surface area contributed by atoms with Crippen molar-refractivity contribution in [2.45, 2.75) is 56.9 Å². The molecule has 4 unspecified atom stereocenters. The van der Waals surface area contributed by atoms with Crippen LogP contribution < -0.4 is 16.0 Å². The quantitative estimate of drug-likeness (QED) is 0.658. The predicted octanol–water partition coefficient (Wildman–Crippen LogP) is 0.700. The van der Waals surface area contributed by atoms with Crippen molar-refractivity contribution >= 4 is 11.8 Å². The van der Waals surface area contributed by atoms with E-state index < -0.39 is 30.0 Å². The topological polar surface area (TPSA) is 70.2 Å². The molecule has 0 aliphatic carbocycles. The van der Waals surface area contributed by atoms with Crippen LogP contribution in [0.15, 0.2) is 0 Å². The van der Waals surface area contributed by atoms with Crippen molar-refractivity contribution in [1.29, 1.82) is 0 Å². The zero-order valence-electron chi connectivity index (χ0n) is 11.8. The van der Waals surface area contributed by atoms with Gasteiger partial charge in [-0.1, -0.05) is 0 Å². The van der Waals surface area contributed by atoms with Gasteiger partial charge in [0.1, 0.15) is 12.0 Å². The van der Waals surface area contributed by atoms with Gasteiger partial charge in [0.15, 0.2) is 0 Å². The molecule has 0 aromatic rings. The summed E-state index contributed by atoms with van der Waals surface area (Å²) in [6.07, 6.45) is -3.07. The summed E-state index contributed by atoms with van der Waals surface area (Å²) >= 11 is 0. The molecule has 3 N–H and O–H groups in total. The van der Waals surface area contributed by atoms with E-state index in [0.717, 1.165) is 19.4 Å². The van der Waals surface area contributed by atoms with Crippen LogP contribution in [0.2, 0.25) is 0 Å². The maximum Gasteiger partial charge on any atom is 0.408 e. The van der Waals surface area contributed by atoms with Gasteiger partial charge in [-0.05, 0) is 39.2 Å². The highest BCUT2D eigenvalue weighted by Gasteiger charge is 2.46. The summed E-state index contributed by atoms with van der Waals surface area (Å²) in [4.78, 5) is 23.8. The predicted molar refractivity (Wildman–Crippen MR) is 69.3 cm³/mol. The van der Waals surface area contributed by atoms with Crippen LogP contribution in [-0.4, -0.2) is 42.7 Å². The number of rotatable bonds is 2. The first kappa shape index (κ1) is 16.1. The number of halogens is 3. The summed E-state index contributed by atoms with van der Waals surface area (Å²) in [5, 5.41) is 7.89. The van der Waals surface area contributed by atoms with E-state index in [1.807, 2.05) is 12.2 Å². The minimum Gasteiger partial charge on any atom is -0.351 e. The molecule has 0 saturated carbocycles. The van der Waals surface area contributed by atoms with Crippen LogP contribution in [0.1, 0.15) is 32.6 Å². The van der Waals surface area contributed by atoms with E-state index >= 15 is 0 Å². The van der Waals surface area contributed by atoms with Crippen molar-refractivity contribution in [3.63, 3.8) is 0 Å². The Bertz CT molecular complexity index is 414. The van der Waals surface area contributed by atoms with Gasteiger partial charge in [0.2, 0.25) is 11.8 Å². The normalized spacial score (nSPS) is 34.2. The Hall–Kier alpha value is -1.31. The fourth-order valence-electron chi connectivity index (χ4n) is 2.83. The Morgan fingerprint density at radius 2 is 2.00 bits per heavy atom. The van der Waals surface area contributed by atoms with Gasteiger partial charge in [-0.3, -0.25) is 9.59 Å². The second-order valence-electron chi connectivity index (χ2n) is 5.73. The van der Waals surface area contributed by atoms with Crippen LogP contribution in [0.4, 0.5) is 13.2 Å². The van der Waals surface area contributed by atoms with Gasteiger partial charge in [0, 0.05) is 12.1 Å². The highest BCUT2D eigenvalue weighted by Crippen LogP contribution is 2.28. The molecule has 2 fully saturated rings. The number of amides is 2. The Morgan fingerprint density at radius 3 is 2.57 bits per heavy atom. The van der Waals surface area contributed by atoms with E-state index in [1.165, 1.54) is 0 Å². The lowest BCUT2D eigenvalue weighted by molar-refractivity contribution is -0.171. The molecule has 2 rings (SSSR count). The van der Waals surface area contributed by atoms with E-state index in [1.54, 1.807) is 0 Å². The SMILES string of the molecule is CC1NCCCC1NC(=O)C1CCC(C(F)(F)F)NC1=O. The number of hydrogen-bond acceptors (Lipinski definition) is 3. The van der Waals surface area contributed by atoms with Gasteiger partial charge >= 0.3 is 6.18 Å². The van der Waals surface area contributed by atoms with E-state index in [2.05, 4.69) is 10.6 Å². The number of carbonyl (C=O) groups excluding carboxylic acids is 2. The molecule has 4 atom stereocenters. The van der Waals surface area contributed by atoms with Crippen LogP contribution in [0.3, 0.4) is 0 Å². The first-order chi connectivity index (χ1) is 9.79. The molecule has 5 nitrogen and oxygen atoms in total. The van der Waals surface area contributed by atoms with Crippen LogP contribution in [0.25, 0.3) is 0 Å². The molecule has 0 aromatic carbocycles. The average molecular weight is 307 g/mol. The third-order valence-corrected chi connectivity index (χ3v) is 4.18. The average Bonchev–Trinajstić information content (AvgIpc) is 2.40. The maximum absolute atomic E-state index is 12.5. The molecule has 2 saturated heterocycles. The smallest absolute Gasteiger partial charge is 0.351 e. The Morgan fingerprint density at radius 1 is 1.29 bits per heavy atom. The highest BCUT2D eigenvalue weighted by molar-refractivity contribution is 6.01. The molecule has 8 heteroatoms. The standard InChI is InChI=1S/C13H20F3N3O2/c1-7-9(3-2-6-17-7)18-11(20)8-4-5-10(13(14,15)16)19-12(8)21/h7-10,17H,2-6H2,1H3,(H,18,20)(H,19,21). The number of nitrogens with one attached hydrogen (secondary N) is 3. The molecule has 2 aliphatic rings. The zero-order valence-corrected chi connectivity index (χ0v) is 11.8. The summed E-state index contributed by atoms with van der Waals surface area (Å²) in [5.41, 5.74) is 0. The summed E-state index contributed by atoms with van der Waals surface area (Å²) in [6, 6.07) is -1.83. The minimum atomic E-state index is -4.46. The van der Waals surface area contributed by atoms with E-state index in [0.29, 0.717) is 0 Å². The van der Waals surface area contributed by atoms with Crippen molar-refractivity contribution in [3.8, 4) is 0 Å². The lowest BCUT2D eigenvalue weighted by Crippen LogP contribution is -2.58. The van der Waals surface area contributed by atoms with Crippen LogP contribution in [0.5, 0.6) is 0 Å². The summed E-state index contributed by atoms with van der Waals surface area (Å²) in [7, 11) is 0. The number of alkyl halides is 3. The molecule has 21 heavy (non-hydrogen) atoms. The Balaban J connectivity index is 1.90. The zero-order chi connectivity index (χ0) is 15.6. The van der Waals surface area contributed by atoms with Crippen LogP contribution in [0, 0.1) is 5.92 Å². The van der Waals surface area contributed by atoms with Gasteiger partial charge in [0.25, 0.3) is 0 Å². The van der Waals surface area contributed by atoms with Crippen molar-refractivity contribution < 1.29 is 22.8 Å². The van der Waals surface area contributed by atoms with E-state index in [-0.39, 0.29) is 24.9 Å². The molecular formula is C13H20F3N3O2. The van der Waals surface area contributed by atoms with Gasteiger partial charge < -0.3 is 16.0 Å².